The second-order valence-electron chi connectivity index (χ2n) is 5.63. The number of benzene rings is 1. The Morgan fingerprint density at radius 2 is 1.96 bits per heavy atom. The molecule has 0 amide bonds. The van der Waals surface area contributed by atoms with Gasteiger partial charge in [-0.2, -0.15) is 5.26 Å². The van der Waals surface area contributed by atoms with Crippen LogP contribution < -0.4 is 0 Å². The third kappa shape index (κ3) is 3.53. The fourth-order valence-electron chi connectivity index (χ4n) is 2.77. The molecule has 0 saturated carbocycles. The van der Waals surface area contributed by atoms with Gasteiger partial charge in [-0.1, -0.05) is 19.1 Å². The van der Waals surface area contributed by atoms with Crippen LogP contribution in [0.5, 0.6) is 0 Å². The molecule has 0 atom stereocenters. The van der Waals surface area contributed by atoms with Crippen molar-refractivity contribution < 1.29 is 5.11 Å². The summed E-state index contributed by atoms with van der Waals surface area (Å²) in [5.74, 6) is 0.122. The van der Waals surface area contributed by atoms with Crippen molar-refractivity contribution in [3.05, 3.63) is 35.0 Å². The van der Waals surface area contributed by atoms with E-state index in [0.717, 1.165) is 42.9 Å². The largest absolute Gasteiger partial charge is 0.509 e. The van der Waals surface area contributed by atoms with Crippen LogP contribution in [0.3, 0.4) is 0 Å². The van der Waals surface area contributed by atoms with Gasteiger partial charge in [-0.25, -0.2) is 4.98 Å². The summed E-state index contributed by atoms with van der Waals surface area (Å²) in [5, 5.41) is 20.5. The minimum absolute atomic E-state index is 0.122. The zero-order chi connectivity index (χ0) is 16.2. The smallest absolute Gasteiger partial charge is 0.138 e. The monoisotopic (exact) mass is 328 g/mol. The summed E-state index contributed by atoms with van der Waals surface area (Å²) >= 11 is 1.45. The lowest BCUT2D eigenvalue weighted by Gasteiger charge is -2.33. The number of allylic oxidation sites excluding steroid dienone is 1. The highest BCUT2D eigenvalue weighted by molar-refractivity contribution is 7.19. The van der Waals surface area contributed by atoms with E-state index in [1.165, 1.54) is 11.3 Å². The minimum atomic E-state index is 0.122. The van der Waals surface area contributed by atoms with Gasteiger partial charge in [-0.15, -0.1) is 11.3 Å². The molecule has 1 aromatic heterocycles. The normalized spacial score (nSPS) is 17.9. The van der Waals surface area contributed by atoms with Gasteiger partial charge in [0, 0.05) is 26.2 Å². The van der Waals surface area contributed by atoms with Crippen LogP contribution in [-0.4, -0.2) is 59.2 Å². The van der Waals surface area contributed by atoms with Crippen molar-refractivity contribution in [2.75, 3.05) is 39.3 Å². The summed E-state index contributed by atoms with van der Waals surface area (Å²) in [7, 11) is 0. The van der Waals surface area contributed by atoms with E-state index in [0.29, 0.717) is 17.1 Å². The van der Waals surface area contributed by atoms with E-state index < -0.39 is 0 Å². The topological polar surface area (TPSA) is 63.4 Å². The van der Waals surface area contributed by atoms with Crippen molar-refractivity contribution >= 4 is 27.1 Å². The van der Waals surface area contributed by atoms with Gasteiger partial charge in [0.1, 0.15) is 22.4 Å². The van der Waals surface area contributed by atoms with Crippen LogP contribution in [0.1, 0.15) is 11.9 Å². The van der Waals surface area contributed by atoms with Crippen molar-refractivity contribution in [2.24, 2.45) is 0 Å². The molecule has 6 heteroatoms. The van der Waals surface area contributed by atoms with Crippen LogP contribution in [0, 0.1) is 11.3 Å². The van der Waals surface area contributed by atoms with Gasteiger partial charge in [0.2, 0.25) is 0 Å². The van der Waals surface area contributed by atoms with Crippen molar-refractivity contribution in [2.45, 2.75) is 6.92 Å². The highest BCUT2D eigenvalue weighted by atomic mass is 32.1. The molecule has 1 aromatic carbocycles. The molecule has 120 valence electrons. The SMILES string of the molecule is CCN1CCN(CC(O)=C(C#N)c2nc3ccccc3s2)CC1. The molecule has 5 nitrogen and oxygen atoms in total. The van der Waals surface area contributed by atoms with Gasteiger partial charge < -0.3 is 10.0 Å². The zero-order valence-electron chi connectivity index (χ0n) is 13.2. The maximum Gasteiger partial charge on any atom is 0.138 e. The molecule has 1 N–H and O–H groups in total. The lowest BCUT2D eigenvalue weighted by molar-refractivity contribution is 0.135. The number of hydrogen-bond donors (Lipinski definition) is 1. The molecule has 2 heterocycles. The summed E-state index contributed by atoms with van der Waals surface area (Å²) in [6.45, 7) is 7.47. The molecule has 1 aliphatic heterocycles. The Kier molecular flexibility index (Phi) is 4.91. The van der Waals surface area contributed by atoms with Crippen molar-refractivity contribution in [1.29, 1.82) is 5.26 Å². The number of nitrogens with zero attached hydrogens (tertiary/aromatic N) is 4. The number of piperazine rings is 1. The van der Waals surface area contributed by atoms with Gasteiger partial charge in [0.15, 0.2) is 0 Å². The fourth-order valence-corrected chi connectivity index (χ4v) is 3.75. The standard InChI is InChI=1S/C17H20N4OS/c1-2-20-7-9-21(10-8-20)12-15(22)13(11-18)17-19-14-5-3-4-6-16(14)23-17/h3-6,22H,2,7-10,12H2,1H3. The van der Waals surface area contributed by atoms with Crippen LogP contribution >= 0.6 is 11.3 Å². The Bertz CT molecular complexity index is 720. The highest BCUT2D eigenvalue weighted by Crippen LogP contribution is 2.28. The first-order valence-corrected chi connectivity index (χ1v) is 8.65. The molecule has 0 unspecified atom stereocenters. The van der Waals surface area contributed by atoms with Gasteiger partial charge in [-0.05, 0) is 18.7 Å². The number of aliphatic hydroxyl groups is 1. The van der Waals surface area contributed by atoms with Crippen LogP contribution in [-0.2, 0) is 0 Å². The summed E-state index contributed by atoms with van der Waals surface area (Å²) in [6.07, 6.45) is 0. The predicted octanol–water partition coefficient (Wildman–Crippen LogP) is 2.73. The number of thiazole rings is 1. The van der Waals surface area contributed by atoms with E-state index in [1.54, 1.807) is 0 Å². The average molecular weight is 328 g/mol. The van der Waals surface area contributed by atoms with E-state index in [1.807, 2.05) is 24.3 Å². The Hall–Kier alpha value is -1.94. The maximum atomic E-state index is 10.4. The van der Waals surface area contributed by atoms with Gasteiger partial charge >= 0.3 is 0 Å². The molecule has 0 spiro atoms. The summed E-state index contributed by atoms with van der Waals surface area (Å²) in [6, 6.07) is 9.91. The zero-order valence-corrected chi connectivity index (χ0v) is 14.0. The molecular weight excluding hydrogens is 308 g/mol. The van der Waals surface area contributed by atoms with Crippen LogP contribution in [0.25, 0.3) is 15.8 Å². The molecule has 1 saturated heterocycles. The molecule has 23 heavy (non-hydrogen) atoms. The van der Waals surface area contributed by atoms with Crippen LogP contribution in [0.2, 0.25) is 0 Å². The number of likely N-dealkylation sites (N-methyl/N-ethyl adjacent to an activating group) is 1. The highest BCUT2D eigenvalue weighted by Gasteiger charge is 2.19. The second kappa shape index (κ2) is 7.09. The van der Waals surface area contributed by atoms with E-state index in [4.69, 9.17) is 0 Å². The third-order valence-corrected chi connectivity index (χ3v) is 5.25. The Morgan fingerprint density at radius 1 is 1.26 bits per heavy atom. The number of nitriles is 1. The van der Waals surface area contributed by atoms with E-state index in [9.17, 15) is 10.4 Å². The first-order chi connectivity index (χ1) is 11.2. The van der Waals surface area contributed by atoms with Crippen molar-refractivity contribution in [3.63, 3.8) is 0 Å². The van der Waals surface area contributed by atoms with Gasteiger partial charge in [0.05, 0.1) is 16.8 Å². The Balaban J connectivity index is 1.78. The molecule has 3 rings (SSSR count). The first kappa shape index (κ1) is 15.9. The number of aliphatic hydroxyl groups excluding tert-OH is 1. The quantitative estimate of drug-likeness (QED) is 0.690. The molecule has 1 fully saturated rings. The number of rotatable bonds is 4. The minimum Gasteiger partial charge on any atom is -0.509 e. The van der Waals surface area contributed by atoms with E-state index in [-0.39, 0.29) is 5.76 Å². The lowest BCUT2D eigenvalue weighted by Crippen LogP contribution is -2.46. The van der Waals surface area contributed by atoms with Gasteiger partial charge in [-0.3, -0.25) is 4.90 Å². The first-order valence-electron chi connectivity index (χ1n) is 7.84. The van der Waals surface area contributed by atoms with E-state index in [2.05, 4.69) is 27.8 Å². The molecule has 0 bridgehead atoms. The van der Waals surface area contributed by atoms with Crippen molar-refractivity contribution in [3.8, 4) is 6.07 Å². The third-order valence-electron chi connectivity index (χ3n) is 4.19. The van der Waals surface area contributed by atoms with Crippen LogP contribution in [0.15, 0.2) is 30.0 Å². The number of hydrogen-bond acceptors (Lipinski definition) is 6. The molecule has 0 aliphatic carbocycles. The summed E-state index contributed by atoms with van der Waals surface area (Å²) < 4.78 is 1.03. The summed E-state index contributed by atoms with van der Waals surface area (Å²) in [5.41, 5.74) is 1.16. The molecular formula is C17H20N4OS. The summed E-state index contributed by atoms with van der Waals surface area (Å²) in [4.78, 5) is 9.05. The number of para-hydroxylation sites is 1. The lowest BCUT2D eigenvalue weighted by atomic mass is 10.2. The predicted molar refractivity (Wildman–Crippen MR) is 93.3 cm³/mol. The Labute approximate surface area is 140 Å². The molecule has 1 aliphatic rings. The molecule has 0 radical (unpaired) electrons. The van der Waals surface area contributed by atoms with E-state index >= 15 is 0 Å². The second-order valence-corrected chi connectivity index (χ2v) is 6.66. The number of fused-ring (bicyclic) bond motifs is 1. The average Bonchev–Trinajstić information content (AvgIpc) is 2.99. The number of aromatic nitrogens is 1. The van der Waals surface area contributed by atoms with Crippen molar-refractivity contribution in [1.82, 2.24) is 14.8 Å². The van der Waals surface area contributed by atoms with Crippen LogP contribution in [0.4, 0.5) is 0 Å². The maximum absolute atomic E-state index is 10.4. The Morgan fingerprint density at radius 3 is 2.61 bits per heavy atom. The molecule has 2 aromatic rings. The fraction of sp³-hybridized carbons (Fsp3) is 0.412. The van der Waals surface area contributed by atoms with Gasteiger partial charge in [0.25, 0.3) is 0 Å².